The SMILES string of the molecule is CCC(=O)OC(C)C(c1ccc(F)cc1)c1ccc(F)cc1.CO. The standard InChI is InChI=1S/C18H18F2O2.CH4O/c1-3-17(21)22-12(2)18(13-4-8-15(19)9-5-13)14-6-10-16(20)11-7-14;1-2/h4-12,18H,3H2,1-2H3;2H,1H3. The summed E-state index contributed by atoms with van der Waals surface area (Å²) in [6.45, 7) is 3.50. The summed E-state index contributed by atoms with van der Waals surface area (Å²) in [7, 11) is 1.00. The van der Waals surface area contributed by atoms with Crippen LogP contribution < -0.4 is 0 Å². The minimum atomic E-state index is -0.441. The molecule has 1 unspecified atom stereocenters. The van der Waals surface area contributed by atoms with Crippen LogP contribution in [0.4, 0.5) is 8.78 Å². The van der Waals surface area contributed by atoms with Gasteiger partial charge >= 0.3 is 5.97 Å². The third-order valence-corrected chi connectivity index (χ3v) is 3.53. The molecule has 0 aliphatic heterocycles. The third kappa shape index (κ3) is 5.42. The smallest absolute Gasteiger partial charge is 0.305 e. The number of benzene rings is 2. The van der Waals surface area contributed by atoms with Gasteiger partial charge in [-0.3, -0.25) is 4.79 Å². The maximum absolute atomic E-state index is 13.1. The number of carbonyl (C=O) groups is 1. The average molecular weight is 336 g/mol. The van der Waals surface area contributed by atoms with Crippen LogP contribution in [0.2, 0.25) is 0 Å². The number of rotatable bonds is 5. The molecule has 0 aliphatic carbocycles. The second kappa shape index (κ2) is 9.78. The van der Waals surface area contributed by atoms with Gasteiger partial charge in [0.2, 0.25) is 0 Å². The summed E-state index contributed by atoms with van der Waals surface area (Å²) in [5.41, 5.74) is 1.62. The molecular formula is C19H22F2O3. The predicted octanol–water partition coefficient (Wildman–Crippen LogP) is 4.05. The van der Waals surface area contributed by atoms with Gasteiger partial charge in [0.05, 0.1) is 0 Å². The van der Waals surface area contributed by atoms with Gasteiger partial charge in [0.25, 0.3) is 0 Å². The van der Waals surface area contributed by atoms with Crippen molar-refractivity contribution in [3.63, 3.8) is 0 Å². The van der Waals surface area contributed by atoms with Gasteiger partial charge in [0.1, 0.15) is 17.7 Å². The molecule has 0 radical (unpaired) electrons. The van der Waals surface area contributed by atoms with Crippen molar-refractivity contribution in [1.82, 2.24) is 0 Å². The van der Waals surface area contributed by atoms with Crippen molar-refractivity contribution in [1.29, 1.82) is 0 Å². The van der Waals surface area contributed by atoms with E-state index in [1.165, 1.54) is 24.3 Å². The van der Waals surface area contributed by atoms with Crippen molar-refractivity contribution >= 4 is 5.97 Å². The molecule has 0 fully saturated rings. The summed E-state index contributed by atoms with van der Waals surface area (Å²) >= 11 is 0. The van der Waals surface area contributed by atoms with Crippen molar-refractivity contribution in [3.05, 3.63) is 71.3 Å². The van der Waals surface area contributed by atoms with Crippen LogP contribution in [0, 0.1) is 11.6 Å². The van der Waals surface area contributed by atoms with Crippen LogP contribution in [0.25, 0.3) is 0 Å². The molecule has 130 valence electrons. The minimum absolute atomic E-state index is 0.281. The van der Waals surface area contributed by atoms with Crippen LogP contribution in [0.1, 0.15) is 37.3 Å². The Kier molecular flexibility index (Phi) is 8.06. The van der Waals surface area contributed by atoms with Crippen molar-refractivity contribution in [3.8, 4) is 0 Å². The number of esters is 1. The van der Waals surface area contributed by atoms with E-state index in [4.69, 9.17) is 9.84 Å². The third-order valence-electron chi connectivity index (χ3n) is 3.53. The highest BCUT2D eigenvalue weighted by Gasteiger charge is 2.24. The number of hydrogen-bond acceptors (Lipinski definition) is 3. The number of carbonyl (C=O) groups excluding carboxylic acids is 1. The summed E-state index contributed by atoms with van der Waals surface area (Å²) in [5.74, 6) is -1.25. The lowest BCUT2D eigenvalue weighted by molar-refractivity contribution is -0.148. The van der Waals surface area contributed by atoms with Crippen LogP contribution in [0.3, 0.4) is 0 Å². The maximum atomic E-state index is 13.1. The highest BCUT2D eigenvalue weighted by Crippen LogP contribution is 2.30. The fraction of sp³-hybridized carbons (Fsp3) is 0.316. The van der Waals surface area contributed by atoms with Crippen molar-refractivity contribution in [2.75, 3.05) is 7.11 Å². The number of aliphatic hydroxyl groups excluding tert-OH is 1. The largest absolute Gasteiger partial charge is 0.462 e. The highest BCUT2D eigenvalue weighted by atomic mass is 19.1. The van der Waals surface area contributed by atoms with Gasteiger partial charge in [-0.25, -0.2) is 8.78 Å². The zero-order valence-electron chi connectivity index (χ0n) is 14.0. The van der Waals surface area contributed by atoms with Crippen LogP contribution >= 0.6 is 0 Å². The summed E-state index contributed by atoms with van der Waals surface area (Å²) in [6.07, 6.45) is -0.160. The molecule has 0 spiro atoms. The van der Waals surface area contributed by atoms with Crippen LogP contribution in [0.15, 0.2) is 48.5 Å². The fourth-order valence-electron chi connectivity index (χ4n) is 2.43. The van der Waals surface area contributed by atoms with E-state index in [-0.39, 0.29) is 29.9 Å². The first-order chi connectivity index (χ1) is 11.5. The number of hydrogen-bond donors (Lipinski definition) is 1. The summed E-state index contributed by atoms with van der Waals surface area (Å²) in [6, 6.07) is 12.1. The summed E-state index contributed by atoms with van der Waals surface area (Å²) in [5, 5.41) is 7.00. The Morgan fingerprint density at radius 3 is 1.67 bits per heavy atom. The molecule has 0 saturated heterocycles. The Morgan fingerprint density at radius 2 is 1.33 bits per heavy atom. The monoisotopic (exact) mass is 336 g/mol. The number of halogens is 2. The van der Waals surface area contributed by atoms with Gasteiger partial charge in [-0.2, -0.15) is 0 Å². The molecule has 2 rings (SSSR count). The molecule has 0 aliphatic rings. The molecule has 5 heteroatoms. The van der Waals surface area contributed by atoms with Crippen molar-refractivity contribution in [2.24, 2.45) is 0 Å². The second-order valence-electron chi connectivity index (χ2n) is 5.13. The average Bonchev–Trinajstić information content (AvgIpc) is 2.60. The quantitative estimate of drug-likeness (QED) is 0.838. The van der Waals surface area contributed by atoms with E-state index in [1.807, 2.05) is 0 Å². The molecule has 1 atom stereocenters. The topological polar surface area (TPSA) is 46.5 Å². The Labute approximate surface area is 140 Å². The fourth-order valence-corrected chi connectivity index (χ4v) is 2.43. The Balaban J connectivity index is 0.00000139. The molecule has 1 N–H and O–H groups in total. The normalized spacial score (nSPS) is 11.5. The van der Waals surface area contributed by atoms with Gasteiger partial charge < -0.3 is 9.84 Å². The van der Waals surface area contributed by atoms with Crippen LogP contribution in [0.5, 0.6) is 0 Å². The molecule has 2 aromatic rings. The van der Waals surface area contributed by atoms with Gasteiger partial charge in [-0.1, -0.05) is 31.2 Å². The lowest BCUT2D eigenvalue weighted by atomic mass is 9.87. The van der Waals surface area contributed by atoms with E-state index in [2.05, 4.69) is 0 Å². The minimum Gasteiger partial charge on any atom is -0.462 e. The van der Waals surface area contributed by atoms with Gasteiger partial charge in [-0.05, 0) is 42.3 Å². The summed E-state index contributed by atoms with van der Waals surface area (Å²) < 4.78 is 31.7. The predicted molar refractivity (Wildman–Crippen MR) is 88.6 cm³/mol. The van der Waals surface area contributed by atoms with Gasteiger partial charge in [0, 0.05) is 19.4 Å². The van der Waals surface area contributed by atoms with E-state index in [1.54, 1.807) is 38.1 Å². The first-order valence-electron chi connectivity index (χ1n) is 7.66. The first kappa shape index (κ1) is 19.8. The van der Waals surface area contributed by atoms with E-state index >= 15 is 0 Å². The molecule has 24 heavy (non-hydrogen) atoms. The molecule has 3 nitrogen and oxygen atoms in total. The number of ether oxygens (including phenoxy) is 1. The van der Waals surface area contributed by atoms with Crippen LogP contribution in [-0.2, 0) is 9.53 Å². The Morgan fingerprint density at radius 1 is 0.958 bits per heavy atom. The Hall–Kier alpha value is -2.27. The highest BCUT2D eigenvalue weighted by molar-refractivity contribution is 5.69. The lowest BCUT2D eigenvalue weighted by Gasteiger charge is -2.25. The lowest BCUT2D eigenvalue weighted by Crippen LogP contribution is -2.23. The van der Waals surface area contributed by atoms with Gasteiger partial charge in [0.15, 0.2) is 0 Å². The molecule has 2 aromatic carbocycles. The van der Waals surface area contributed by atoms with Crippen molar-refractivity contribution < 1.29 is 23.4 Å². The summed E-state index contributed by atoms with van der Waals surface area (Å²) in [4.78, 5) is 11.6. The molecule has 0 aromatic heterocycles. The number of aliphatic hydroxyl groups is 1. The van der Waals surface area contributed by atoms with E-state index < -0.39 is 6.10 Å². The molecule has 0 bridgehead atoms. The second-order valence-corrected chi connectivity index (χ2v) is 5.13. The molecular weight excluding hydrogens is 314 g/mol. The van der Waals surface area contributed by atoms with Crippen LogP contribution in [-0.4, -0.2) is 24.3 Å². The molecule has 0 amide bonds. The van der Waals surface area contributed by atoms with E-state index in [0.717, 1.165) is 18.2 Å². The maximum Gasteiger partial charge on any atom is 0.305 e. The van der Waals surface area contributed by atoms with E-state index in [9.17, 15) is 13.6 Å². The van der Waals surface area contributed by atoms with E-state index in [0.29, 0.717) is 0 Å². The van der Waals surface area contributed by atoms with Gasteiger partial charge in [-0.15, -0.1) is 0 Å². The molecule has 0 saturated carbocycles. The Bertz CT molecular complexity index is 579. The van der Waals surface area contributed by atoms with Crippen molar-refractivity contribution in [2.45, 2.75) is 32.3 Å². The first-order valence-corrected chi connectivity index (χ1v) is 7.66. The zero-order valence-corrected chi connectivity index (χ0v) is 14.0. The molecule has 0 heterocycles. The zero-order chi connectivity index (χ0) is 18.1.